The summed E-state index contributed by atoms with van der Waals surface area (Å²) >= 11 is 4.25. The number of carbonyl (C=O) groups excluding carboxylic acids is 3. The van der Waals surface area contributed by atoms with E-state index < -0.39 is 23.0 Å². The molecule has 3 N–H and O–H groups in total. The molecule has 0 aromatic heterocycles. The molecule has 0 spiro atoms. The normalized spacial score (nSPS) is 19.1. The van der Waals surface area contributed by atoms with Gasteiger partial charge in [0.15, 0.2) is 0 Å². The molecule has 3 amide bonds. The number of imide groups is 1. The molecule has 2 aromatic carbocycles. The molecule has 2 atom stereocenters. The number of hydrogen-bond donors (Lipinski definition) is 4. The summed E-state index contributed by atoms with van der Waals surface area (Å²) in [7, 11) is 0. The maximum absolute atomic E-state index is 12.8. The highest BCUT2D eigenvalue weighted by Gasteiger charge is 2.39. The molecule has 1 saturated heterocycles. The molecule has 7 nitrogen and oxygen atoms in total. The quantitative estimate of drug-likeness (QED) is 0.197. The number of halogens is 3. The van der Waals surface area contributed by atoms with Crippen LogP contribution in [-0.2, 0) is 22.7 Å². The Morgan fingerprint density at radius 3 is 2.56 bits per heavy atom. The van der Waals surface area contributed by atoms with Crippen LogP contribution in [0.3, 0.4) is 0 Å². The smallest absolute Gasteiger partial charge is 0.362 e. The standard InChI is InChI=1S/C22H21F3N4O3S2/c23-22(24,25)34-15-4-2-14(3-5-15)27-21(33)26-10-12-1-6-16-13(9-12)11-29(20(16)32)17-7-8-18(30)28-19(17)31/h1-6,9,17,21,26-27,33H,7-8,10-11H2,(H,28,30,31). The number of carbonyl (C=O) groups is 3. The van der Waals surface area contributed by atoms with Gasteiger partial charge < -0.3 is 10.2 Å². The van der Waals surface area contributed by atoms with Gasteiger partial charge in [-0.05, 0) is 59.6 Å². The number of piperidine rings is 1. The van der Waals surface area contributed by atoms with Crippen LogP contribution >= 0.6 is 24.4 Å². The number of amides is 3. The van der Waals surface area contributed by atoms with E-state index in [1.807, 2.05) is 6.07 Å². The molecule has 12 heteroatoms. The van der Waals surface area contributed by atoms with Gasteiger partial charge in [0.25, 0.3) is 5.91 Å². The number of nitrogens with zero attached hydrogens (tertiary/aromatic N) is 1. The SMILES string of the molecule is O=C1CCC(N2Cc3cc(CNC(S)Nc4ccc(SC(F)(F)F)cc4)ccc3C2=O)C(=O)N1. The molecule has 0 bridgehead atoms. The van der Waals surface area contributed by atoms with Crippen LogP contribution in [-0.4, -0.2) is 39.7 Å². The zero-order valence-electron chi connectivity index (χ0n) is 17.7. The summed E-state index contributed by atoms with van der Waals surface area (Å²) in [5, 5.41) is 8.49. The van der Waals surface area contributed by atoms with Crippen molar-refractivity contribution in [1.82, 2.24) is 15.5 Å². The summed E-state index contributed by atoms with van der Waals surface area (Å²) in [5.41, 5.74) is -1.97. The number of thioether (sulfide) groups is 1. The van der Waals surface area contributed by atoms with Gasteiger partial charge in [-0.15, -0.1) is 12.6 Å². The largest absolute Gasteiger partial charge is 0.446 e. The predicted molar refractivity (Wildman–Crippen MR) is 124 cm³/mol. The summed E-state index contributed by atoms with van der Waals surface area (Å²) in [4.78, 5) is 37.9. The highest BCUT2D eigenvalue weighted by atomic mass is 32.2. The van der Waals surface area contributed by atoms with Crippen molar-refractivity contribution in [3.05, 3.63) is 59.2 Å². The van der Waals surface area contributed by atoms with Gasteiger partial charge in [-0.25, -0.2) is 0 Å². The first-order valence-corrected chi connectivity index (χ1v) is 11.7. The minimum Gasteiger partial charge on any atom is -0.362 e. The number of fused-ring (bicyclic) bond motifs is 1. The van der Waals surface area contributed by atoms with Gasteiger partial charge in [0.05, 0.1) is 0 Å². The van der Waals surface area contributed by atoms with E-state index in [9.17, 15) is 27.6 Å². The number of hydrogen-bond acceptors (Lipinski definition) is 7. The van der Waals surface area contributed by atoms with Crippen LogP contribution in [0.15, 0.2) is 47.4 Å². The molecule has 4 rings (SSSR count). The van der Waals surface area contributed by atoms with Crippen molar-refractivity contribution in [2.24, 2.45) is 0 Å². The number of rotatable bonds is 7. The fraction of sp³-hybridized carbons (Fsp3) is 0.318. The minimum atomic E-state index is -4.33. The zero-order valence-corrected chi connectivity index (χ0v) is 19.4. The Morgan fingerprint density at radius 1 is 1.15 bits per heavy atom. The lowest BCUT2D eigenvalue weighted by Crippen LogP contribution is -2.52. The highest BCUT2D eigenvalue weighted by molar-refractivity contribution is 8.00. The second-order valence-electron chi connectivity index (χ2n) is 7.89. The molecule has 2 aliphatic rings. The average molecular weight is 511 g/mol. The summed E-state index contributed by atoms with van der Waals surface area (Å²) in [6, 6.07) is 10.6. The van der Waals surface area contributed by atoms with Crippen molar-refractivity contribution in [2.45, 2.75) is 47.9 Å². The first-order chi connectivity index (χ1) is 16.1. The molecular formula is C22H21F3N4O3S2. The van der Waals surface area contributed by atoms with Crippen molar-refractivity contribution in [2.75, 3.05) is 5.32 Å². The molecule has 180 valence electrons. The van der Waals surface area contributed by atoms with Crippen LogP contribution < -0.4 is 16.0 Å². The third-order valence-corrected chi connectivity index (χ3v) is 6.53. The number of thiol groups is 1. The summed E-state index contributed by atoms with van der Waals surface area (Å²) in [6.45, 7) is 0.711. The van der Waals surface area contributed by atoms with Crippen LogP contribution in [0, 0.1) is 0 Å². The monoisotopic (exact) mass is 510 g/mol. The second-order valence-corrected chi connectivity index (χ2v) is 9.55. The van der Waals surface area contributed by atoms with Gasteiger partial charge in [0.1, 0.15) is 11.5 Å². The average Bonchev–Trinajstić information content (AvgIpc) is 3.08. The summed E-state index contributed by atoms with van der Waals surface area (Å²) in [6.07, 6.45) is 0.508. The van der Waals surface area contributed by atoms with E-state index in [1.165, 1.54) is 17.0 Å². The van der Waals surface area contributed by atoms with E-state index in [-0.39, 0.29) is 34.9 Å². The molecule has 1 fully saturated rings. The van der Waals surface area contributed by atoms with E-state index in [4.69, 9.17) is 0 Å². The van der Waals surface area contributed by atoms with Crippen molar-refractivity contribution in [3.8, 4) is 0 Å². The Bertz CT molecular complexity index is 1110. The first-order valence-electron chi connectivity index (χ1n) is 10.4. The van der Waals surface area contributed by atoms with Gasteiger partial charge in [-0.2, -0.15) is 13.2 Å². The van der Waals surface area contributed by atoms with Gasteiger partial charge in [0, 0.05) is 35.7 Å². The zero-order chi connectivity index (χ0) is 24.5. The van der Waals surface area contributed by atoms with Gasteiger partial charge in [0.2, 0.25) is 11.8 Å². The van der Waals surface area contributed by atoms with Crippen molar-refractivity contribution >= 4 is 47.8 Å². The Balaban J connectivity index is 1.32. The van der Waals surface area contributed by atoms with Crippen molar-refractivity contribution in [1.29, 1.82) is 0 Å². The first kappa shape index (κ1) is 24.4. The molecular weight excluding hydrogens is 489 g/mol. The molecule has 2 unspecified atom stereocenters. The third kappa shape index (κ3) is 5.86. The van der Waals surface area contributed by atoms with E-state index in [0.717, 1.165) is 11.1 Å². The molecule has 2 heterocycles. The molecule has 2 aliphatic heterocycles. The Morgan fingerprint density at radius 2 is 1.88 bits per heavy atom. The van der Waals surface area contributed by atoms with E-state index in [2.05, 4.69) is 28.6 Å². The fourth-order valence-corrected chi connectivity index (χ4v) is 4.69. The molecule has 0 radical (unpaired) electrons. The van der Waals surface area contributed by atoms with Crippen LogP contribution in [0.5, 0.6) is 0 Å². The molecule has 0 saturated carbocycles. The Hall–Kier alpha value is -2.70. The minimum absolute atomic E-state index is 0.0979. The Labute approximate surface area is 203 Å². The highest BCUT2D eigenvalue weighted by Crippen LogP contribution is 2.37. The van der Waals surface area contributed by atoms with Crippen molar-refractivity contribution in [3.63, 3.8) is 0 Å². The maximum Gasteiger partial charge on any atom is 0.446 e. The van der Waals surface area contributed by atoms with Gasteiger partial charge >= 0.3 is 5.51 Å². The number of anilines is 1. The van der Waals surface area contributed by atoms with E-state index in [1.54, 1.807) is 24.3 Å². The molecule has 2 aromatic rings. The third-order valence-electron chi connectivity index (χ3n) is 5.48. The Kier molecular flexibility index (Phi) is 7.10. The number of nitrogens with one attached hydrogen (secondary N) is 3. The number of benzene rings is 2. The maximum atomic E-state index is 12.8. The molecule has 0 aliphatic carbocycles. The molecule has 34 heavy (non-hydrogen) atoms. The fourth-order valence-electron chi connectivity index (χ4n) is 3.91. The summed E-state index contributed by atoms with van der Waals surface area (Å²) in [5.74, 6) is -1.01. The van der Waals surface area contributed by atoms with Crippen LogP contribution in [0.1, 0.15) is 34.3 Å². The number of alkyl halides is 3. The van der Waals surface area contributed by atoms with Crippen LogP contribution in [0.25, 0.3) is 0 Å². The van der Waals surface area contributed by atoms with Gasteiger partial charge in [-0.1, -0.05) is 12.1 Å². The lowest BCUT2D eigenvalue weighted by atomic mass is 10.0. The lowest BCUT2D eigenvalue weighted by molar-refractivity contribution is -0.136. The van der Waals surface area contributed by atoms with Gasteiger partial charge in [-0.3, -0.25) is 25.0 Å². The second kappa shape index (κ2) is 9.88. The predicted octanol–water partition coefficient (Wildman–Crippen LogP) is 3.47. The van der Waals surface area contributed by atoms with E-state index >= 15 is 0 Å². The lowest BCUT2D eigenvalue weighted by Gasteiger charge is -2.29. The van der Waals surface area contributed by atoms with Crippen LogP contribution in [0.4, 0.5) is 18.9 Å². The summed E-state index contributed by atoms with van der Waals surface area (Å²) < 4.78 is 37.3. The van der Waals surface area contributed by atoms with Crippen molar-refractivity contribution < 1.29 is 27.6 Å². The topological polar surface area (TPSA) is 90.5 Å². The van der Waals surface area contributed by atoms with Crippen LogP contribution in [0.2, 0.25) is 0 Å². The van der Waals surface area contributed by atoms with E-state index in [0.29, 0.717) is 30.8 Å².